The lowest BCUT2D eigenvalue weighted by atomic mass is 9.96. The highest BCUT2D eigenvalue weighted by Crippen LogP contribution is 2.33. The van der Waals surface area contributed by atoms with E-state index in [1.54, 1.807) is 11.1 Å². The highest BCUT2D eigenvalue weighted by molar-refractivity contribution is 5.96. The highest BCUT2D eigenvalue weighted by atomic mass is 16.4. The van der Waals surface area contributed by atoms with Gasteiger partial charge in [-0.25, -0.2) is 4.98 Å². The molecule has 1 aromatic heterocycles. The van der Waals surface area contributed by atoms with E-state index in [4.69, 9.17) is 4.42 Å². The number of aromatic nitrogens is 1. The lowest BCUT2D eigenvalue weighted by molar-refractivity contribution is -0.119. The van der Waals surface area contributed by atoms with E-state index >= 15 is 0 Å². The van der Waals surface area contributed by atoms with Crippen molar-refractivity contribution in [3.63, 3.8) is 0 Å². The molecule has 0 radical (unpaired) electrons. The number of benzene rings is 1. The SMILES string of the molecule is CCc1cnc(CNC2CC(=O)N(C)c3ccccc32)o1. The van der Waals surface area contributed by atoms with Gasteiger partial charge < -0.3 is 14.6 Å². The summed E-state index contributed by atoms with van der Waals surface area (Å²) < 4.78 is 5.59. The number of hydrogen-bond acceptors (Lipinski definition) is 4. The molecule has 1 aromatic carbocycles. The van der Waals surface area contributed by atoms with E-state index in [-0.39, 0.29) is 11.9 Å². The van der Waals surface area contributed by atoms with Gasteiger partial charge in [0.2, 0.25) is 11.8 Å². The molecule has 1 atom stereocenters. The quantitative estimate of drug-likeness (QED) is 0.937. The molecule has 1 aliphatic rings. The van der Waals surface area contributed by atoms with Crippen LogP contribution < -0.4 is 10.2 Å². The number of fused-ring (bicyclic) bond motifs is 1. The molecule has 1 aliphatic heterocycles. The first-order chi connectivity index (χ1) is 10.2. The van der Waals surface area contributed by atoms with Crippen LogP contribution in [0.15, 0.2) is 34.9 Å². The van der Waals surface area contributed by atoms with Gasteiger partial charge in [-0.15, -0.1) is 0 Å². The molecule has 0 spiro atoms. The Kier molecular flexibility index (Phi) is 3.75. The Balaban J connectivity index is 1.76. The molecule has 0 saturated carbocycles. The number of nitrogens with zero attached hydrogens (tertiary/aromatic N) is 2. The molecule has 21 heavy (non-hydrogen) atoms. The summed E-state index contributed by atoms with van der Waals surface area (Å²) in [5, 5.41) is 3.38. The summed E-state index contributed by atoms with van der Waals surface area (Å²) in [6, 6.07) is 7.98. The zero-order chi connectivity index (χ0) is 14.8. The molecular formula is C16H19N3O2. The minimum absolute atomic E-state index is 0.00174. The van der Waals surface area contributed by atoms with Crippen molar-refractivity contribution in [2.45, 2.75) is 32.4 Å². The van der Waals surface area contributed by atoms with Gasteiger partial charge in [0.05, 0.1) is 12.7 Å². The molecule has 1 unspecified atom stereocenters. The number of para-hydroxylation sites is 1. The Hall–Kier alpha value is -2.14. The van der Waals surface area contributed by atoms with Gasteiger partial charge >= 0.3 is 0 Å². The predicted molar refractivity (Wildman–Crippen MR) is 79.9 cm³/mol. The number of hydrogen-bond donors (Lipinski definition) is 1. The Bertz CT molecular complexity index is 650. The number of carbonyl (C=O) groups is 1. The Morgan fingerprint density at radius 2 is 2.24 bits per heavy atom. The second-order valence-corrected chi connectivity index (χ2v) is 5.22. The number of amides is 1. The van der Waals surface area contributed by atoms with E-state index in [9.17, 15) is 4.79 Å². The van der Waals surface area contributed by atoms with Gasteiger partial charge in [-0.1, -0.05) is 25.1 Å². The summed E-state index contributed by atoms with van der Waals surface area (Å²) >= 11 is 0. The van der Waals surface area contributed by atoms with Gasteiger partial charge in [0.25, 0.3) is 0 Å². The first kappa shape index (κ1) is 13.8. The first-order valence-electron chi connectivity index (χ1n) is 7.21. The smallest absolute Gasteiger partial charge is 0.228 e. The van der Waals surface area contributed by atoms with E-state index < -0.39 is 0 Å². The number of rotatable bonds is 4. The van der Waals surface area contributed by atoms with Crippen molar-refractivity contribution in [3.8, 4) is 0 Å². The van der Waals surface area contributed by atoms with E-state index in [1.807, 2.05) is 32.2 Å². The molecule has 2 aromatic rings. The molecule has 3 rings (SSSR count). The van der Waals surface area contributed by atoms with Gasteiger partial charge in [-0.05, 0) is 11.6 Å². The second kappa shape index (κ2) is 5.69. The van der Waals surface area contributed by atoms with Crippen molar-refractivity contribution in [3.05, 3.63) is 47.7 Å². The average Bonchev–Trinajstić information content (AvgIpc) is 2.97. The van der Waals surface area contributed by atoms with Gasteiger partial charge in [-0.3, -0.25) is 4.79 Å². The molecule has 1 amide bonds. The fourth-order valence-electron chi connectivity index (χ4n) is 2.63. The molecule has 5 heteroatoms. The lowest BCUT2D eigenvalue weighted by Crippen LogP contribution is -2.37. The van der Waals surface area contributed by atoms with Crippen LogP contribution in [0, 0.1) is 0 Å². The van der Waals surface area contributed by atoms with Gasteiger partial charge in [0.1, 0.15) is 5.76 Å². The van der Waals surface area contributed by atoms with Crippen LogP contribution in [0.25, 0.3) is 0 Å². The van der Waals surface area contributed by atoms with Gasteiger partial charge in [0.15, 0.2) is 0 Å². The molecule has 2 heterocycles. The summed E-state index contributed by atoms with van der Waals surface area (Å²) in [6.07, 6.45) is 3.04. The van der Waals surface area contributed by atoms with Crippen LogP contribution in [0.2, 0.25) is 0 Å². The Morgan fingerprint density at radius 1 is 1.43 bits per heavy atom. The summed E-state index contributed by atoms with van der Waals surface area (Å²) in [5.41, 5.74) is 2.11. The van der Waals surface area contributed by atoms with Crippen LogP contribution in [-0.2, 0) is 17.8 Å². The zero-order valence-corrected chi connectivity index (χ0v) is 12.3. The van der Waals surface area contributed by atoms with E-state index in [1.165, 1.54) is 0 Å². The Morgan fingerprint density at radius 3 is 3.00 bits per heavy atom. The first-order valence-corrected chi connectivity index (χ1v) is 7.21. The Labute approximate surface area is 124 Å². The van der Waals surface area contributed by atoms with E-state index in [0.29, 0.717) is 18.9 Å². The van der Waals surface area contributed by atoms with Gasteiger partial charge in [-0.2, -0.15) is 0 Å². The third-order valence-corrected chi connectivity index (χ3v) is 3.88. The van der Waals surface area contributed by atoms with Crippen molar-refractivity contribution < 1.29 is 9.21 Å². The molecule has 1 N–H and O–H groups in total. The fraction of sp³-hybridized carbons (Fsp3) is 0.375. The predicted octanol–water partition coefficient (Wildman–Crippen LogP) is 2.43. The van der Waals surface area contributed by atoms with Crippen molar-refractivity contribution in [1.29, 1.82) is 0 Å². The van der Waals surface area contributed by atoms with Crippen molar-refractivity contribution >= 4 is 11.6 Å². The number of carbonyl (C=O) groups excluding carboxylic acids is 1. The largest absolute Gasteiger partial charge is 0.444 e. The minimum atomic E-state index is 0.00174. The lowest BCUT2D eigenvalue weighted by Gasteiger charge is -2.31. The average molecular weight is 285 g/mol. The van der Waals surface area contributed by atoms with Crippen LogP contribution in [0.4, 0.5) is 5.69 Å². The third-order valence-electron chi connectivity index (χ3n) is 3.88. The molecule has 0 saturated heterocycles. The molecule has 0 fully saturated rings. The molecule has 0 bridgehead atoms. The summed E-state index contributed by atoms with van der Waals surface area (Å²) in [4.78, 5) is 18.0. The number of nitrogens with one attached hydrogen (secondary N) is 1. The molecule has 0 aliphatic carbocycles. The van der Waals surface area contributed by atoms with Crippen LogP contribution in [0.5, 0.6) is 0 Å². The van der Waals surface area contributed by atoms with E-state index in [2.05, 4.69) is 16.4 Å². The van der Waals surface area contributed by atoms with Crippen LogP contribution in [-0.4, -0.2) is 17.9 Å². The van der Waals surface area contributed by atoms with Crippen LogP contribution in [0.1, 0.15) is 36.6 Å². The maximum atomic E-state index is 12.1. The molecular weight excluding hydrogens is 266 g/mol. The maximum absolute atomic E-state index is 12.1. The monoisotopic (exact) mass is 285 g/mol. The topological polar surface area (TPSA) is 58.4 Å². The maximum Gasteiger partial charge on any atom is 0.228 e. The second-order valence-electron chi connectivity index (χ2n) is 5.22. The molecule has 5 nitrogen and oxygen atoms in total. The van der Waals surface area contributed by atoms with E-state index in [0.717, 1.165) is 23.4 Å². The van der Waals surface area contributed by atoms with Crippen LogP contribution >= 0.6 is 0 Å². The van der Waals surface area contributed by atoms with Crippen molar-refractivity contribution in [2.75, 3.05) is 11.9 Å². The summed E-state index contributed by atoms with van der Waals surface area (Å²) in [6.45, 7) is 2.56. The molecule has 110 valence electrons. The fourth-order valence-corrected chi connectivity index (χ4v) is 2.63. The summed E-state index contributed by atoms with van der Waals surface area (Å²) in [5.74, 6) is 1.66. The number of aryl methyl sites for hydroxylation is 1. The summed E-state index contributed by atoms with van der Waals surface area (Å²) in [7, 11) is 1.82. The normalized spacial score (nSPS) is 17.9. The standard InChI is InChI=1S/C16H19N3O2/c1-3-11-9-18-15(21-11)10-17-13-8-16(20)19(2)14-7-5-4-6-12(13)14/h4-7,9,13,17H,3,8,10H2,1-2H3. The highest BCUT2D eigenvalue weighted by Gasteiger charge is 2.28. The third kappa shape index (κ3) is 2.69. The van der Waals surface area contributed by atoms with Crippen LogP contribution in [0.3, 0.4) is 0 Å². The van der Waals surface area contributed by atoms with Crippen molar-refractivity contribution in [2.24, 2.45) is 0 Å². The number of oxazole rings is 1. The zero-order valence-electron chi connectivity index (χ0n) is 12.3. The number of anilines is 1. The minimum Gasteiger partial charge on any atom is -0.444 e. The van der Waals surface area contributed by atoms with Gasteiger partial charge in [0, 0.05) is 31.6 Å². The van der Waals surface area contributed by atoms with Crippen molar-refractivity contribution in [1.82, 2.24) is 10.3 Å².